The van der Waals surface area contributed by atoms with Crippen LogP contribution in [0.5, 0.6) is 0 Å². The highest BCUT2D eigenvalue weighted by molar-refractivity contribution is 5.75. The molecule has 3 heteroatoms. The van der Waals surface area contributed by atoms with Crippen LogP contribution in [0.4, 0.5) is 0 Å². The molecule has 5 rings (SSSR count). The Balaban J connectivity index is 0.000000775. The highest BCUT2D eigenvalue weighted by Gasteiger charge is 2.67. The average Bonchev–Trinajstić information content (AvgIpc) is 3.17. The molecule has 0 aromatic rings. The van der Waals surface area contributed by atoms with Gasteiger partial charge in [-0.3, -0.25) is 4.79 Å². The van der Waals surface area contributed by atoms with Gasteiger partial charge in [-0.15, -0.1) is 0 Å². The zero-order chi connectivity index (χ0) is 23.5. The van der Waals surface area contributed by atoms with Crippen molar-refractivity contribution in [1.29, 1.82) is 0 Å². The number of carbonyl (C=O) groups is 1. The Bertz CT molecular complexity index is 715. The van der Waals surface area contributed by atoms with Gasteiger partial charge in [0.2, 0.25) is 0 Å². The molecule has 32 heavy (non-hydrogen) atoms. The molecular weight excluding hydrogens is 396 g/mol. The van der Waals surface area contributed by atoms with E-state index in [0.29, 0.717) is 34.5 Å². The van der Waals surface area contributed by atoms with Gasteiger partial charge in [0.15, 0.2) is 0 Å². The van der Waals surface area contributed by atoms with Crippen molar-refractivity contribution in [2.24, 2.45) is 51.2 Å². The van der Waals surface area contributed by atoms with Crippen LogP contribution in [0.3, 0.4) is 0 Å². The fourth-order valence-corrected chi connectivity index (χ4v) is 10.6. The minimum absolute atomic E-state index is 0.0155. The van der Waals surface area contributed by atoms with Crippen molar-refractivity contribution in [1.82, 2.24) is 0 Å². The molecule has 0 bridgehead atoms. The minimum atomic E-state index is -0.496. The van der Waals surface area contributed by atoms with Gasteiger partial charge in [0.1, 0.15) is 0 Å². The molecule has 0 aliphatic heterocycles. The number of fused-ring (bicyclic) bond motifs is 7. The molecule has 184 valence electrons. The van der Waals surface area contributed by atoms with E-state index in [1.165, 1.54) is 38.5 Å². The third kappa shape index (κ3) is 3.26. The molecular formula is C29H50O3. The maximum Gasteiger partial charge on any atom is 0.309 e. The number of aliphatic hydroxyl groups excluding tert-OH is 1. The van der Waals surface area contributed by atoms with Crippen molar-refractivity contribution in [2.45, 2.75) is 125 Å². The normalized spacial score (nSPS) is 51.2. The zero-order valence-corrected chi connectivity index (χ0v) is 21.8. The summed E-state index contributed by atoms with van der Waals surface area (Å²) in [5, 5.41) is 20.9. The number of aliphatic carboxylic acids is 1. The Morgan fingerprint density at radius 2 is 1.44 bits per heavy atom. The lowest BCUT2D eigenvalue weighted by atomic mass is 9.36. The molecule has 9 atom stereocenters. The summed E-state index contributed by atoms with van der Waals surface area (Å²) in [5.41, 5.74) is 0.307. The standard InChI is InChI=1S/C26H42O3.C3H8/c1-23(2)19-10-13-24(3)17-9-15-26(22(28)29)12-5-6-18(26)16(17)7-8-20(24)25(19,4)14-11-21(23)27;1-3-2/h16-21,27H,5-15H2,1-4H3,(H,28,29);3H2,1-2H3. The van der Waals surface area contributed by atoms with Crippen molar-refractivity contribution in [3.8, 4) is 0 Å². The van der Waals surface area contributed by atoms with E-state index in [2.05, 4.69) is 41.5 Å². The predicted molar refractivity (Wildman–Crippen MR) is 130 cm³/mol. The maximum absolute atomic E-state index is 12.3. The van der Waals surface area contributed by atoms with E-state index < -0.39 is 11.4 Å². The number of carboxylic acid groups (broad SMARTS) is 1. The van der Waals surface area contributed by atoms with Gasteiger partial charge < -0.3 is 10.2 Å². The largest absolute Gasteiger partial charge is 0.481 e. The monoisotopic (exact) mass is 446 g/mol. The summed E-state index contributed by atoms with van der Waals surface area (Å²) in [5.74, 6) is 2.62. The van der Waals surface area contributed by atoms with Gasteiger partial charge in [0, 0.05) is 0 Å². The Kier molecular flexibility index (Phi) is 6.35. The number of hydrogen-bond acceptors (Lipinski definition) is 2. The van der Waals surface area contributed by atoms with Crippen molar-refractivity contribution >= 4 is 5.97 Å². The van der Waals surface area contributed by atoms with E-state index in [0.717, 1.165) is 44.4 Å². The van der Waals surface area contributed by atoms with Crippen LogP contribution in [0, 0.1) is 51.2 Å². The molecule has 0 spiro atoms. The first-order chi connectivity index (χ1) is 15.0. The van der Waals surface area contributed by atoms with E-state index in [-0.39, 0.29) is 11.5 Å². The van der Waals surface area contributed by atoms with Crippen LogP contribution in [0.15, 0.2) is 0 Å². The van der Waals surface area contributed by atoms with Crippen molar-refractivity contribution < 1.29 is 15.0 Å². The van der Waals surface area contributed by atoms with E-state index in [1.54, 1.807) is 0 Å². The van der Waals surface area contributed by atoms with E-state index >= 15 is 0 Å². The SMILES string of the molecule is CC1(C)C(O)CCC2(C)C1CCC1(C)C3CCC4(C(=O)O)CCCC4C3CCC12.CCC. The number of carboxylic acids is 1. The molecule has 9 unspecified atom stereocenters. The van der Waals surface area contributed by atoms with E-state index in [9.17, 15) is 15.0 Å². The minimum Gasteiger partial charge on any atom is -0.481 e. The molecule has 0 amide bonds. The van der Waals surface area contributed by atoms with Gasteiger partial charge in [-0.1, -0.05) is 54.4 Å². The Hall–Kier alpha value is -0.570. The topological polar surface area (TPSA) is 57.5 Å². The third-order valence-corrected chi connectivity index (χ3v) is 11.9. The predicted octanol–water partition coefficient (Wildman–Crippen LogP) is 7.31. The highest BCUT2D eigenvalue weighted by Crippen LogP contribution is 2.72. The summed E-state index contributed by atoms with van der Waals surface area (Å²) < 4.78 is 0. The molecule has 0 aromatic carbocycles. The summed E-state index contributed by atoms with van der Waals surface area (Å²) in [6, 6.07) is 0. The molecule has 5 fully saturated rings. The fourth-order valence-electron chi connectivity index (χ4n) is 10.6. The molecule has 0 radical (unpaired) electrons. The molecule has 0 saturated heterocycles. The van der Waals surface area contributed by atoms with Gasteiger partial charge in [-0.05, 0) is 110 Å². The zero-order valence-electron chi connectivity index (χ0n) is 21.8. The highest BCUT2D eigenvalue weighted by atomic mass is 16.4. The molecule has 0 heterocycles. The van der Waals surface area contributed by atoms with Crippen LogP contribution in [0.25, 0.3) is 0 Å². The van der Waals surface area contributed by atoms with Crippen molar-refractivity contribution in [3.63, 3.8) is 0 Å². The molecule has 5 aliphatic rings. The second-order valence-electron chi connectivity index (χ2n) is 13.6. The second-order valence-corrected chi connectivity index (χ2v) is 13.6. The van der Waals surface area contributed by atoms with Crippen molar-refractivity contribution in [3.05, 3.63) is 0 Å². The van der Waals surface area contributed by atoms with Crippen LogP contribution in [0.1, 0.15) is 119 Å². The Labute approximate surface area is 197 Å². The lowest BCUT2D eigenvalue weighted by molar-refractivity contribution is -0.216. The summed E-state index contributed by atoms with van der Waals surface area (Å²) in [6.45, 7) is 14.0. The number of rotatable bonds is 1. The smallest absolute Gasteiger partial charge is 0.309 e. The summed E-state index contributed by atoms with van der Waals surface area (Å²) in [7, 11) is 0. The molecule has 5 saturated carbocycles. The second kappa shape index (κ2) is 8.28. The van der Waals surface area contributed by atoms with Gasteiger partial charge in [-0.25, -0.2) is 0 Å². The Morgan fingerprint density at radius 3 is 2.09 bits per heavy atom. The summed E-state index contributed by atoms with van der Waals surface area (Å²) in [6.07, 6.45) is 13.5. The van der Waals surface area contributed by atoms with Gasteiger partial charge in [-0.2, -0.15) is 0 Å². The lowest BCUT2D eigenvalue weighted by Crippen LogP contribution is -2.63. The number of aliphatic hydroxyl groups is 1. The van der Waals surface area contributed by atoms with Gasteiger partial charge in [0.25, 0.3) is 0 Å². The summed E-state index contributed by atoms with van der Waals surface area (Å²) in [4.78, 5) is 12.3. The molecule has 2 N–H and O–H groups in total. The molecule has 5 aliphatic carbocycles. The first-order valence-electron chi connectivity index (χ1n) is 13.9. The van der Waals surface area contributed by atoms with Crippen LogP contribution in [-0.4, -0.2) is 22.3 Å². The number of hydrogen-bond donors (Lipinski definition) is 2. The first kappa shape index (κ1) is 24.6. The van der Waals surface area contributed by atoms with Crippen LogP contribution in [-0.2, 0) is 4.79 Å². The summed E-state index contributed by atoms with van der Waals surface area (Å²) >= 11 is 0. The Morgan fingerprint density at radius 1 is 0.781 bits per heavy atom. The fraction of sp³-hybridized carbons (Fsp3) is 0.966. The van der Waals surface area contributed by atoms with Crippen LogP contribution < -0.4 is 0 Å². The van der Waals surface area contributed by atoms with Crippen LogP contribution in [0.2, 0.25) is 0 Å². The van der Waals surface area contributed by atoms with Gasteiger partial charge >= 0.3 is 5.97 Å². The van der Waals surface area contributed by atoms with Crippen LogP contribution >= 0.6 is 0 Å². The quantitative estimate of drug-likeness (QED) is 0.444. The van der Waals surface area contributed by atoms with E-state index in [4.69, 9.17) is 0 Å². The third-order valence-electron chi connectivity index (χ3n) is 11.9. The van der Waals surface area contributed by atoms with Crippen molar-refractivity contribution in [2.75, 3.05) is 0 Å². The van der Waals surface area contributed by atoms with Gasteiger partial charge in [0.05, 0.1) is 11.5 Å². The van der Waals surface area contributed by atoms with E-state index in [1.807, 2.05) is 0 Å². The molecule has 0 aromatic heterocycles. The first-order valence-corrected chi connectivity index (χ1v) is 13.9. The molecule has 3 nitrogen and oxygen atoms in total. The average molecular weight is 447 g/mol. The lowest BCUT2D eigenvalue weighted by Gasteiger charge is -2.69. The maximum atomic E-state index is 12.3.